The Labute approximate surface area is 108 Å². The number of rotatable bonds is 5. The highest BCUT2D eigenvalue weighted by molar-refractivity contribution is 5.68. The molecule has 0 atom stereocenters. The van der Waals surface area contributed by atoms with Gasteiger partial charge in [0.15, 0.2) is 0 Å². The molecule has 0 unspecified atom stereocenters. The highest BCUT2D eigenvalue weighted by Crippen LogP contribution is 2.20. The Kier molecular flexibility index (Phi) is 4.56. The SMILES string of the molecule is COC(=O)CCCCc1ccc2c(n1)CCCN2. The monoisotopic (exact) mass is 248 g/mol. The molecule has 0 aliphatic carbocycles. The van der Waals surface area contributed by atoms with Gasteiger partial charge in [-0.3, -0.25) is 9.78 Å². The summed E-state index contributed by atoms with van der Waals surface area (Å²) < 4.78 is 4.61. The summed E-state index contributed by atoms with van der Waals surface area (Å²) in [5, 5.41) is 3.36. The van der Waals surface area contributed by atoms with Crippen molar-refractivity contribution in [2.75, 3.05) is 19.0 Å². The van der Waals surface area contributed by atoms with E-state index >= 15 is 0 Å². The van der Waals surface area contributed by atoms with Crippen molar-refractivity contribution >= 4 is 11.7 Å². The number of aromatic nitrogens is 1. The second-order valence-corrected chi connectivity index (χ2v) is 4.61. The van der Waals surface area contributed by atoms with Gasteiger partial charge in [-0.25, -0.2) is 0 Å². The summed E-state index contributed by atoms with van der Waals surface area (Å²) in [4.78, 5) is 15.6. The number of methoxy groups -OCH3 is 1. The van der Waals surface area contributed by atoms with Crippen LogP contribution < -0.4 is 5.32 Å². The molecule has 1 aromatic rings. The van der Waals surface area contributed by atoms with Gasteiger partial charge in [0.1, 0.15) is 0 Å². The number of aryl methyl sites for hydroxylation is 2. The van der Waals surface area contributed by atoms with E-state index in [0.717, 1.165) is 44.3 Å². The average Bonchev–Trinajstić information content (AvgIpc) is 2.43. The van der Waals surface area contributed by atoms with Gasteiger partial charge in [-0.2, -0.15) is 0 Å². The number of fused-ring (bicyclic) bond motifs is 1. The summed E-state index contributed by atoms with van der Waals surface area (Å²) in [6, 6.07) is 4.20. The van der Waals surface area contributed by atoms with E-state index in [1.165, 1.54) is 18.5 Å². The Bertz CT molecular complexity index is 418. The van der Waals surface area contributed by atoms with Crippen molar-refractivity contribution in [1.82, 2.24) is 4.98 Å². The summed E-state index contributed by atoms with van der Waals surface area (Å²) in [7, 11) is 1.43. The van der Waals surface area contributed by atoms with Gasteiger partial charge in [-0.1, -0.05) is 0 Å². The lowest BCUT2D eigenvalue weighted by atomic mass is 10.1. The molecule has 18 heavy (non-hydrogen) atoms. The smallest absolute Gasteiger partial charge is 0.305 e. The maximum atomic E-state index is 11.0. The summed E-state index contributed by atoms with van der Waals surface area (Å²) in [6.45, 7) is 1.05. The van der Waals surface area contributed by atoms with Crippen molar-refractivity contribution in [3.63, 3.8) is 0 Å². The van der Waals surface area contributed by atoms with Crippen LogP contribution in [0.25, 0.3) is 0 Å². The van der Waals surface area contributed by atoms with Crippen LogP contribution in [-0.2, 0) is 22.4 Å². The van der Waals surface area contributed by atoms with E-state index in [9.17, 15) is 4.79 Å². The van der Waals surface area contributed by atoms with Gasteiger partial charge in [0.25, 0.3) is 0 Å². The molecule has 0 fully saturated rings. The van der Waals surface area contributed by atoms with Crippen LogP contribution in [0.5, 0.6) is 0 Å². The first-order chi connectivity index (χ1) is 8.79. The molecule has 0 radical (unpaired) electrons. The van der Waals surface area contributed by atoms with E-state index in [0.29, 0.717) is 6.42 Å². The van der Waals surface area contributed by atoms with Crippen molar-refractivity contribution in [3.8, 4) is 0 Å². The lowest BCUT2D eigenvalue weighted by Crippen LogP contribution is -2.13. The second kappa shape index (κ2) is 6.38. The van der Waals surface area contributed by atoms with Gasteiger partial charge in [0.2, 0.25) is 0 Å². The first-order valence-corrected chi connectivity index (χ1v) is 6.59. The number of nitrogens with zero attached hydrogens (tertiary/aromatic N) is 1. The highest BCUT2D eigenvalue weighted by Gasteiger charge is 2.10. The third-order valence-corrected chi connectivity index (χ3v) is 3.23. The second-order valence-electron chi connectivity index (χ2n) is 4.61. The number of esters is 1. The van der Waals surface area contributed by atoms with Gasteiger partial charge >= 0.3 is 5.97 Å². The number of nitrogens with one attached hydrogen (secondary N) is 1. The summed E-state index contributed by atoms with van der Waals surface area (Å²) >= 11 is 0. The number of carbonyl (C=O) groups excluding carboxylic acids is 1. The zero-order valence-corrected chi connectivity index (χ0v) is 10.9. The predicted octanol–water partition coefficient (Wildman–Crippen LogP) is 2.33. The van der Waals surface area contributed by atoms with Crippen molar-refractivity contribution in [1.29, 1.82) is 0 Å². The van der Waals surface area contributed by atoms with Gasteiger partial charge in [0.05, 0.1) is 18.5 Å². The largest absolute Gasteiger partial charge is 0.469 e. The average molecular weight is 248 g/mol. The molecule has 1 aromatic heterocycles. The topological polar surface area (TPSA) is 51.2 Å². The lowest BCUT2D eigenvalue weighted by Gasteiger charge is -2.17. The molecule has 1 N–H and O–H groups in total. The molecule has 0 aromatic carbocycles. The Morgan fingerprint density at radius 2 is 2.33 bits per heavy atom. The highest BCUT2D eigenvalue weighted by atomic mass is 16.5. The normalized spacial score (nSPS) is 13.6. The van der Waals surface area contributed by atoms with E-state index in [1.807, 2.05) is 0 Å². The third kappa shape index (κ3) is 3.45. The molecule has 0 bridgehead atoms. The molecule has 0 saturated heterocycles. The molecule has 98 valence electrons. The molecule has 4 heteroatoms. The molecule has 0 spiro atoms. The minimum absolute atomic E-state index is 0.127. The van der Waals surface area contributed by atoms with Crippen molar-refractivity contribution in [2.24, 2.45) is 0 Å². The summed E-state index contributed by atoms with van der Waals surface area (Å²) in [5.74, 6) is -0.127. The molecule has 4 nitrogen and oxygen atoms in total. The van der Waals surface area contributed by atoms with Crippen LogP contribution in [0.2, 0.25) is 0 Å². The number of unbranched alkanes of at least 4 members (excludes halogenated alkanes) is 1. The van der Waals surface area contributed by atoms with E-state index in [4.69, 9.17) is 0 Å². The standard InChI is InChI=1S/C14H20N2O2/c1-18-14(17)7-3-2-5-11-8-9-12-13(16-11)6-4-10-15-12/h8-9,15H,2-7,10H2,1H3. The molecule has 2 rings (SSSR count). The fraction of sp³-hybridized carbons (Fsp3) is 0.571. The number of hydrogen-bond acceptors (Lipinski definition) is 4. The third-order valence-electron chi connectivity index (χ3n) is 3.23. The van der Waals surface area contributed by atoms with Crippen LogP contribution >= 0.6 is 0 Å². The Balaban J connectivity index is 1.81. The van der Waals surface area contributed by atoms with Crippen LogP contribution in [0, 0.1) is 0 Å². The number of anilines is 1. The van der Waals surface area contributed by atoms with E-state index in [1.54, 1.807) is 0 Å². The zero-order chi connectivity index (χ0) is 12.8. The quantitative estimate of drug-likeness (QED) is 0.642. The molecular weight excluding hydrogens is 228 g/mol. The molecular formula is C14H20N2O2. The van der Waals surface area contributed by atoms with Gasteiger partial charge in [-0.15, -0.1) is 0 Å². The van der Waals surface area contributed by atoms with Crippen LogP contribution in [0.3, 0.4) is 0 Å². The molecule has 2 heterocycles. The first-order valence-electron chi connectivity index (χ1n) is 6.59. The van der Waals surface area contributed by atoms with E-state index in [-0.39, 0.29) is 5.97 Å². The lowest BCUT2D eigenvalue weighted by molar-refractivity contribution is -0.140. The predicted molar refractivity (Wildman–Crippen MR) is 70.6 cm³/mol. The maximum absolute atomic E-state index is 11.0. The molecule has 0 amide bonds. The Morgan fingerprint density at radius 1 is 1.44 bits per heavy atom. The van der Waals surface area contributed by atoms with Crippen molar-refractivity contribution in [3.05, 3.63) is 23.5 Å². The van der Waals surface area contributed by atoms with Gasteiger partial charge in [-0.05, 0) is 44.2 Å². The van der Waals surface area contributed by atoms with Crippen LogP contribution in [-0.4, -0.2) is 24.6 Å². The molecule has 1 aliphatic heterocycles. The first kappa shape index (κ1) is 12.9. The Morgan fingerprint density at radius 3 is 3.17 bits per heavy atom. The van der Waals surface area contributed by atoms with E-state index < -0.39 is 0 Å². The van der Waals surface area contributed by atoms with Crippen molar-refractivity contribution < 1.29 is 9.53 Å². The van der Waals surface area contributed by atoms with Crippen LogP contribution in [0.15, 0.2) is 12.1 Å². The number of ether oxygens (including phenoxy) is 1. The summed E-state index contributed by atoms with van der Waals surface area (Å²) in [6.07, 6.45) is 5.51. The number of pyridine rings is 1. The van der Waals surface area contributed by atoms with Crippen LogP contribution in [0.4, 0.5) is 5.69 Å². The zero-order valence-electron chi connectivity index (χ0n) is 10.9. The minimum Gasteiger partial charge on any atom is -0.469 e. The number of hydrogen-bond donors (Lipinski definition) is 1. The fourth-order valence-electron chi connectivity index (χ4n) is 2.19. The maximum Gasteiger partial charge on any atom is 0.305 e. The van der Waals surface area contributed by atoms with Gasteiger partial charge < -0.3 is 10.1 Å². The van der Waals surface area contributed by atoms with Gasteiger partial charge in [0, 0.05) is 18.7 Å². The van der Waals surface area contributed by atoms with Crippen LogP contribution in [0.1, 0.15) is 37.1 Å². The number of carbonyl (C=O) groups is 1. The molecule has 0 saturated carbocycles. The minimum atomic E-state index is -0.127. The summed E-state index contributed by atoms with van der Waals surface area (Å²) in [5.41, 5.74) is 3.49. The fourth-order valence-corrected chi connectivity index (χ4v) is 2.19. The van der Waals surface area contributed by atoms with E-state index in [2.05, 4.69) is 27.2 Å². The van der Waals surface area contributed by atoms with Crippen molar-refractivity contribution in [2.45, 2.75) is 38.5 Å². The molecule has 1 aliphatic rings. The Hall–Kier alpha value is -1.58.